The molecule has 0 spiro atoms. The smallest absolute Gasteiger partial charge is 0.183 e. The highest BCUT2D eigenvalue weighted by Crippen LogP contribution is 2.27. The van der Waals surface area contributed by atoms with Crippen LogP contribution in [0.25, 0.3) is 10.9 Å². The molecule has 0 atom stereocenters. The fourth-order valence-electron chi connectivity index (χ4n) is 4.15. The Morgan fingerprint density at radius 3 is 2.80 bits per heavy atom. The average molecular weight is 438 g/mol. The lowest BCUT2D eigenvalue weighted by atomic mass is 10.1. The molecule has 0 saturated carbocycles. The van der Waals surface area contributed by atoms with E-state index in [1.807, 2.05) is 12.4 Å². The number of nitrogens with zero attached hydrogens (tertiary/aromatic N) is 5. The van der Waals surface area contributed by atoms with E-state index in [0.717, 1.165) is 43.3 Å². The molecule has 7 heteroatoms. The third-order valence-corrected chi connectivity index (χ3v) is 6.76. The molecule has 4 heterocycles. The first-order valence-electron chi connectivity index (χ1n) is 10.3. The van der Waals surface area contributed by atoms with Gasteiger partial charge in [-0.05, 0) is 11.6 Å². The molecule has 0 saturated heterocycles. The summed E-state index contributed by atoms with van der Waals surface area (Å²) in [7, 11) is 0. The number of hydrogen-bond donors (Lipinski definition) is 0. The van der Waals surface area contributed by atoms with Crippen LogP contribution in [0, 0.1) is 0 Å². The second-order valence-corrected chi connectivity index (χ2v) is 9.89. The van der Waals surface area contributed by atoms with Crippen molar-refractivity contribution in [1.29, 1.82) is 0 Å². The Morgan fingerprint density at radius 1 is 1.13 bits per heavy atom. The lowest BCUT2D eigenvalue weighted by molar-refractivity contribution is 0.243. The highest BCUT2D eigenvalue weighted by Gasteiger charge is 2.21. The minimum atomic E-state index is 0.368. The van der Waals surface area contributed by atoms with Crippen LogP contribution in [0.3, 0.4) is 0 Å². The van der Waals surface area contributed by atoms with Gasteiger partial charge in [0.2, 0.25) is 0 Å². The highest BCUT2D eigenvalue weighted by atomic mass is 35.5. The van der Waals surface area contributed by atoms with Crippen LogP contribution in [0.1, 0.15) is 47.3 Å². The van der Waals surface area contributed by atoms with Crippen LogP contribution in [-0.4, -0.2) is 31.0 Å². The Hall–Kier alpha value is -2.28. The van der Waals surface area contributed by atoms with Gasteiger partial charge in [-0.3, -0.25) is 4.90 Å². The van der Waals surface area contributed by atoms with Crippen LogP contribution in [0.4, 0.5) is 0 Å². The maximum Gasteiger partial charge on any atom is 0.183 e. The predicted octanol–water partition coefficient (Wildman–Crippen LogP) is 5.27. The summed E-state index contributed by atoms with van der Waals surface area (Å²) in [5.41, 5.74) is 5.08. The van der Waals surface area contributed by atoms with E-state index >= 15 is 0 Å². The molecule has 1 aromatic carbocycles. The van der Waals surface area contributed by atoms with Crippen LogP contribution in [0.2, 0.25) is 4.47 Å². The molecule has 0 N–H and O–H groups in total. The molecule has 1 aliphatic rings. The zero-order valence-electron chi connectivity index (χ0n) is 17.2. The second kappa shape index (κ2) is 8.10. The monoisotopic (exact) mass is 437 g/mol. The topological polar surface area (TPSA) is 46.8 Å². The van der Waals surface area contributed by atoms with Gasteiger partial charge in [0, 0.05) is 77.6 Å². The maximum atomic E-state index is 6.03. The Bertz CT molecular complexity index is 1200. The molecule has 0 aliphatic carbocycles. The van der Waals surface area contributed by atoms with Gasteiger partial charge < -0.3 is 4.57 Å². The summed E-state index contributed by atoms with van der Waals surface area (Å²) in [5, 5.41) is 1.31. The molecular formula is C23H24ClN5S. The van der Waals surface area contributed by atoms with Crippen molar-refractivity contribution in [2.75, 3.05) is 6.54 Å². The molecule has 5 rings (SSSR count). The van der Waals surface area contributed by atoms with E-state index in [-0.39, 0.29) is 0 Å². The minimum absolute atomic E-state index is 0.368. The largest absolute Gasteiger partial charge is 0.342 e. The molecule has 0 amide bonds. The number of hydrogen-bond acceptors (Lipinski definition) is 5. The van der Waals surface area contributed by atoms with Gasteiger partial charge in [-0.15, -0.1) is 11.3 Å². The molecule has 30 heavy (non-hydrogen) atoms. The molecule has 154 valence electrons. The summed E-state index contributed by atoms with van der Waals surface area (Å²) in [6.45, 7) is 7.92. The van der Waals surface area contributed by atoms with Crippen molar-refractivity contribution in [2.24, 2.45) is 0 Å². The Balaban J connectivity index is 1.39. The average Bonchev–Trinajstić information content (AvgIpc) is 3.31. The summed E-state index contributed by atoms with van der Waals surface area (Å²) in [4.78, 5) is 17.2. The number of halogens is 1. The second-order valence-electron chi connectivity index (χ2n) is 8.19. The number of rotatable bonds is 5. The normalized spacial score (nSPS) is 14.5. The quantitative estimate of drug-likeness (QED) is 0.426. The lowest BCUT2D eigenvalue weighted by Crippen LogP contribution is -2.31. The van der Waals surface area contributed by atoms with Gasteiger partial charge in [0.05, 0.1) is 6.54 Å². The van der Waals surface area contributed by atoms with Gasteiger partial charge >= 0.3 is 0 Å². The van der Waals surface area contributed by atoms with E-state index < -0.39 is 0 Å². The highest BCUT2D eigenvalue weighted by molar-refractivity contribution is 7.15. The van der Waals surface area contributed by atoms with E-state index in [0.29, 0.717) is 10.4 Å². The number of fused-ring (bicyclic) bond motifs is 2. The van der Waals surface area contributed by atoms with Gasteiger partial charge in [-0.2, -0.15) is 0 Å². The number of benzene rings is 1. The van der Waals surface area contributed by atoms with Gasteiger partial charge in [0.25, 0.3) is 0 Å². The summed E-state index contributed by atoms with van der Waals surface area (Å²) in [5.74, 6) is 1.32. The van der Waals surface area contributed by atoms with Crippen molar-refractivity contribution in [3.05, 3.63) is 74.8 Å². The van der Waals surface area contributed by atoms with Crippen LogP contribution in [0.5, 0.6) is 0 Å². The first-order valence-corrected chi connectivity index (χ1v) is 11.5. The zero-order valence-corrected chi connectivity index (χ0v) is 18.7. The Labute approximate surface area is 185 Å². The van der Waals surface area contributed by atoms with Crippen LogP contribution < -0.4 is 0 Å². The molecule has 0 bridgehead atoms. The minimum Gasteiger partial charge on any atom is -0.342 e. The molecule has 0 unspecified atom stereocenters. The first kappa shape index (κ1) is 19.7. The lowest BCUT2D eigenvalue weighted by Gasteiger charge is -2.28. The van der Waals surface area contributed by atoms with Crippen molar-refractivity contribution in [3.63, 3.8) is 0 Å². The molecule has 1 aliphatic heterocycles. The predicted molar refractivity (Wildman–Crippen MR) is 122 cm³/mol. The first-order chi connectivity index (χ1) is 14.6. The zero-order chi connectivity index (χ0) is 20.7. The number of thiazole rings is 1. The van der Waals surface area contributed by atoms with Crippen molar-refractivity contribution in [3.8, 4) is 0 Å². The van der Waals surface area contributed by atoms with E-state index in [1.54, 1.807) is 11.3 Å². The Morgan fingerprint density at radius 2 is 2.00 bits per heavy atom. The van der Waals surface area contributed by atoms with Crippen molar-refractivity contribution >= 4 is 33.8 Å². The summed E-state index contributed by atoms with van der Waals surface area (Å²) in [6.07, 6.45) is 7.16. The molecule has 0 radical (unpaired) electrons. The summed E-state index contributed by atoms with van der Waals surface area (Å²) in [6, 6.07) is 8.63. The third kappa shape index (κ3) is 3.87. The van der Waals surface area contributed by atoms with E-state index in [1.165, 1.54) is 27.7 Å². The summed E-state index contributed by atoms with van der Waals surface area (Å²) < 4.78 is 2.90. The molecular weight excluding hydrogens is 414 g/mol. The van der Waals surface area contributed by atoms with Gasteiger partial charge in [-0.25, -0.2) is 15.0 Å². The molecule has 3 aromatic heterocycles. The van der Waals surface area contributed by atoms with Crippen LogP contribution >= 0.6 is 22.9 Å². The van der Waals surface area contributed by atoms with E-state index in [4.69, 9.17) is 16.6 Å². The van der Waals surface area contributed by atoms with E-state index in [2.05, 4.69) is 63.7 Å². The van der Waals surface area contributed by atoms with E-state index in [9.17, 15) is 0 Å². The molecule has 0 fully saturated rings. The van der Waals surface area contributed by atoms with Crippen LogP contribution in [-0.2, 0) is 26.1 Å². The summed E-state index contributed by atoms with van der Waals surface area (Å²) >= 11 is 7.57. The molecule has 4 aromatic rings. The van der Waals surface area contributed by atoms with Gasteiger partial charge in [0.1, 0.15) is 5.82 Å². The van der Waals surface area contributed by atoms with Gasteiger partial charge in [-0.1, -0.05) is 43.6 Å². The van der Waals surface area contributed by atoms with Crippen molar-refractivity contribution in [1.82, 2.24) is 24.4 Å². The van der Waals surface area contributed by atoms with Crippen molar-refractivity contribution < 1.29 is 0 Å². The number of para-hydroxylation sites is 1. The van der Waals surface area contributed by atoms with Crippen LogP contribution in [0.15, 0.2) is 42.9 Å². The molecule has 5 nitrogen and oxygen atoms in total. The third-order valence-electron chi connectivity index (χ3n) is 5.66. The fraction of sp³-hybridized carbons (Fsp3) is 0.348. The van der Waals surface area contributed by atoms with Gasteiger partial charge in [0.15, 0.2) is 4.47 Å². The standard InChI is InChI=1S/C23H24ClN5S/c1-15(2)22-25-9-16-11-28(8-7-20(16)27-22)12-17-13-29(14-18-10-26-23(24)30-18)21-6-4-3-5-19(17)21/h3-6,9-10,13,15H,7-8,11-12,14H2,1-2H3. The Kier molecular flexibility index (Phi) is 5.31. The fourth-order valence-corrected chi connectivity index (χ4v) is 5.13. The number of aromatic nitrogens is 4. The maximum absolute atomic E-state index is 6.03. The van der Waals surface area contributed by atoms with Crippen molar-refractivity contribution in [2.45, 2.75) is 45.8 Å². The SMILES string of the molecule is CC(C)c1ncc2c(n1)CCN(Cc1cn(Cc3cnc(Cl)s3)c3ccccc13)C2.